The van der Waals surface area contributed by atoms with Gasteiger partial charge in [0.25, 0.3) is 0 Å². The van der Waals surface area contributed by atoms with Gasteiger partial charge in [-0.2, -0.15) is 0 Å². The number of nitrogen functional groups attached to an aromatic ring is 1. The number of hydrogen-bond donors (Lipinski definition) is 2. The number of rotatable bonds is 3. The normalized spacial score (nSPS) is 10.3. The summed E-state index contributed by atoms with van der Waals surface area (Å²) in [6.45, 7) is 1.95. The molecule has 0 aliphatic carbocycles. The average Bonchev–Trinajstić information content (AvgIpc) is 2.80. The van der Waals surface area contributed by atoms with Gasteiger partial charge >= 0.3 is 5.97 Å². The lowest BCUT2D eigenvalue weighted by Gasteiger charge is -2.06. The van der Waals surface area contributed by atoms with Crippen LogP contribution in [-0.4, -0.2) is 25.2 Å². The van der Waals surface area contributed by atoms with Crippen molar-refractivity contribution < 1.29 is 14.3 Å². The minimum absolute atomic E-state index is 0.301. The fraction of sp³-hybridized carbons (Fsp3) is 0.214. The number of benzene rings is 1. The third kappa shape index (κ3) is 2.40. The van der Waals surface area contributed by atoms with Crippen LogP contribution in [0.4, 0.5) is 5.82 Å². The van der Waals surface area contributed by atoms with E-state index in [0.717, 1.165) is 22.6 Å². The molecule has 3 N–H and O–H groups in total. The van der Waals surface area contributed by atoms with Crippen LogP contribution in [0.5, 0.6) is 5.75 Å². The molecule has 0 atom stereocenters. The molecule has 0 fully saturated rings. The third-order valence-corrected chi connectivity index (χ3v) is 2.96. The van der Waals surface area contributed by atoms with Crippen molar-refractivity contribution in [2.45, 2.75) is 6.92 Å². The summed E-state index contributed by atoms with van der Waals surface area (Å²) >= 11 is 0. The van der Waals surface area contributed by atoms with Crippen molar-refractivity contribution in [1.29, 1.82) is 0 Å². The molecular weight excluding hydrogens is 244 g/mol. The van der Waals surface area contributed by atoms with Crippen LogP contribution in [0.3, 0.4) is 0 Å². The van der Waals surface area contributed by atoms with E-state index in [1.165, 1.54) is 7.11 Å². The molecule has 5 heteroatoms. The quantitative estimate of drug-likeness (QED) is 0.830. The maximum atomic E-state index is 11.5. The lowest BCUT2D eigenvalue weighted by molar-refractivity contribution is 0.0602. The van der Waals surface area contributed by atoms with Gasteiger partial charge in [-0.15, -0.1) is 0 Å². The Labute approximate surface area is 111 Å². The number of aryl methyl sites for hydroxylation is 1. The van der Waals surface area contributed by atoms with Crippen molar-refractivity contribution in [2.75, 3.05) is 20.0 Å². The number of ether oxygens (including phenoxy) is 2. The lowest BCUT2D eigenvalue weighted by Crippen LogP contribution is -2.02. The first-order valence-electron chi connectivity index (χ1n) is 5.78. The molecule has 0 unspecified atom stereocenters. The maximum absolute atomic E-state index is 11.5. The first kappa shape index (κ1) is 13.0. The highest BCUT2D eigenvalue weighted by Gasteiger charge is 2.15. The second-order valence-corrected chi connectivity index (χ2v) is 4.19. The van der Waals surface area contributed by atoms with Crippen LogP contribution >= 0.6 is 0 Å². The summed E-state index contributed by atoms with van der Waals surface area (Å²) in [5.74, 6) is 0.664. The van der Waals surface area contributed by atoms with Gasteiger partial charge in [0.1, 0.15) is 17.1 Å². The zero-order valence-electron chi connectivity index (χ0n) is 11.1. The molecule has 1 aromatic heterocycles. The van der Waals surface area contributed by atoms with Gasteiger partial charge in [0.15, 0.2) is 0 Å². The van der Waals surface area contributed by atoms with Crippen LogP contribution in [-0.2, 0) is 4.74 Å². The Balaban J connectivity index is 2.42. The van der Waals surface area contributed by atoms with Gasteiger partial charge in [-0.05, 0) is 42.3 Å². The molecule has 2 aromatic rings. The number of aromatic nitrogens is 1. The van der Waals surface area contributed by atoms with Crippen molar-refractivity contribution in [1.82, 2.24) is 4.98 Å². The van der Waals surface area contributed by atoms with Gasteiger partial charge in [-0.1, -0.05) is 0 Å². The Bertz CT molecular complexity index is 617. The van der Waals surface area contributed by atoms with E-state index in [2.05, 4.69) is 9.72 Å². The second kappa shape index (κ2) is 5.06. The number of hydrogen-bond acceptors (Lipinski definition) is 4. The predicted molar refractivity (Wildman–Crippen MR) is 73.3 cm³/mol. The molecular formula is C14H16N2O3. The predicted octanol–water partition coefficient (Wildman–Crippen LogP) is 2.37. The topological polar surface area (TPSA) is 77.3 Å². The smallest absolute Gasteiger partial charge is 0.341 e. The molecule has 0 saturated heterocycles. The summed E-state index contributed by atoms with van der Waals surface area (Å²) in [6.07, 6.45) is 0. The first-order valence-corrected chi connectivity index (χ1v) is 5.78. The minimum atomic E-state index is -0.453. The number of esters is 1. The van der Waals surface area contributed by atoms with Crippen molar-refractivity contribution in [3.05, 3.63) is 35.4 Å². The van der Waals surface area contributed by atoms with E-state index in [4.69, 9.17) is 10.5 Å². The van der Waals surface area contributed by atoms with E-state index in [9.17, 15) is 4.79 Å². The van der Waals surface area contributed by atoms with Crippen LogP contribution in [0.2, 0.25) is 0 Å². The fourth-order valence-electron chi connectivity index (χ4n) is 1.95. The molecule has 2 rings (SSSR count). The highest BCUT2D eigenvalue weighted by atomic mass is 16.5. The summed E-state index contributed by atoms with van der Waals surface area (Å²) in [5, 5.41) is 0. The molecule has 0 aliphatic rings. The Morgan fingerprint density at radius 2 is 2.00 bits per heavy atom. The Morgan fingerprint density at radius 1 is 1.26 bits per heavy atom. The molecule has 0 amide bonds. The van der Waals surface area contributed by atoms with E-state index in [0.29, 0.717) is 11.4 Å². The zero-order chi connectivity index (χ0) is 14.0. The number of H-pyrrole nitrogens is 1. The Kier molecular flexibility index (Phi) is 3.46. The van der Waals surface area contributed by atoms with Crippen LogP contribution in [0.25, 0.3) is 11.3 Å². The summed E-state index contributed by atoms with van der Waals surface area (Å²) in [4.78, 5) is 14.5. The van der Waals surface area contributed by atoms with Crippen molar-refractivity contribution >= 4 is 11.8 Å². The van der Waals surface area contributed by atoms with Gasteiger partial charge in [-0.3, -0.25) is 0 Å². The Morgan fingerprint density at radius 3 is 2.58 bits per heavy atom. The number of carbonyl (C=O) groups excluding carboxylic acids is 1. The van der Waals surface area contributed by atoms with Crippen molar-refractivity contribution in [3.8, 4) is 17.0 Å². The summed E-state index contributed by atoms with van der Waals surface area (Å²) in [5.41, 5.74) is 8.81. The lowest BCUT2D eigenvalue weighted by atomic mass is 10.1. The summed E-state index contributed by atoms with van der Waals surface area (Å²) in [7, 11) is 2.95. The van der Waals surface area contributed by atoms with Gasteiger partial charge in [0.2, 0.25) is 0 Å². The molecule has 19 heavy (non-hydrogen) atoms. The molecule has 1 aromatic carbocycles. The van der Waals surface area contributed by atoms with Crippen LogP contribution < -0.4 is 10.5 Å². The number of methoxy groups -OCH3 is 2. The van der Waals surface area contributed by atoms with Gasteiger partial charge in [-0.25, -0.2) is 4.79 Å². The molecule has 0 radical (unpaired) electrons. The first-order chi connectivity index (χ1) is 9.06. The number of carbonyl (C=O) groups is 1. The molecule has 1 heterocycles. The summed E-state index contributed by atoms with van der Waals surface area (Å²) in [6, 6.07) is 7.42. The fourth-order valence-corrected chi connectivity index (χ4v) is 1.95. The van der Waals surface area contributed by atoms with Crippen molar-refractivity contribution in [2.24, 2.45) is 0 Å². The largest absolute Gasteiger partial charge is 0.496 e. The van der Waals surface area contributed by atoms with Crippen LogP contribution in [0.1, 0.15) is 15.9 Å². The second-order valence-electron chi connectivity index (χ2n) is 4.19. The van der Waals surface area contributed by atoms with E-state index < -0.39 is 5.97 Å². The van der Waals surface area contributed by atoms with Gasteiger partial charge in [0, 0.05) is 5.69 Å². The van der Waals surface area contributed by atoms with Gasteiger partial charge < -0.3 is 20.2 Å². The maximum Gasteiger partial charge on any atom is 0.341 e. The number of nitrogens with two attached hydrogens (primary N) is 1. The third-order valence-electron chi connectivity index (χ3n) is 2.96. The molecule has 100 valence electrons. The summed E-state index contributed by atoms with van der Waals surface area (Å²) < 4.78 is 9.88. The standard InChI is InChI=1S/C14H16N2O3/c1-8-6-9(4-5-12(8)18-2)11-7-10(13(15)16-11)14(17)19-3/h4-7,16H,15H2,1-3H3. The van der Waals surface area contributed by atoms with Crippen LogP contribution in [0, 0.1) is 6.92 Å². The van der Waals surface area contributed by atoms with E-state index in [1.807, 2.05) is 25.1 Å². The molecule has 0 bridgehead atoms. The Hall–Kier alpha value is -2.43. The highest BCUT2D eigenvalue weighted by Crippen LogP contribution is 2.28. The van der Waals surface area contributed by atoms with E-state index >= 15 is 0 Å². The SMILES string of the molecule is COC(=O)c1cc(-c2ccc(OC)c(C)c2)[nH]c1N. The highest BCUT2D eigenvalue weighted by molar-refractivity contribution is 5.96. The zero-order valence-corrected chi connectivity index (χ0v) is 11.1. The van der Waals surface area contributed by atoms with E-state index in [-0.39, 0.29) is 0 Å². The minimum Gasteiger partial charge on any atom is -0.496 e. The monoisotopic (exact) mass is 260 g/mol. The molecule has 0 aliphatic heterocycles. The van der Waals surface area contributed by atoms with Crippen LogP contribution in [0.15, 0.2) is 24.3 Å². The molecule has 0 saturated carbocycles. The number of anilines is 1. The molecule has 5 nitrogen and oxygen atoms in total. The van der Waals surface area contributed by atoms with Crippen molar-refractivity contribution in [3.63, 3.8) is 0 Å². The number of aromatic amines is 1. The number of nitrogens with one attached hydrogen (secondary N) is 1. The average molecular weight is 260 g/mol. The van der Waals surface area contributed by atoms with E-state index in [1.54, 1.807) is 13.2 Å². The molecule has 0 spiro atoms. The van der Waals surface area contributed by atoms with Gasteiger partial charge in [0.05, 0.1) is 14.2 Å².